The Kier molecular flexibility index (Phi) is 6.96. The highest BCUT2D eigenvalue weighted by molar-refractivity contribution is 5.79. The number of likely N-dealkylation sites (tertiary alicyclic amines) is 1. The first-order chi connectivity index (χ1) is 13.8. The number of aromatic nitrogens is 2. The first-order valence-corrected chi connectivity index (χ1v) is 11.1. The lowest BCUT2D eigenvalue weighted by molar-refractivity contribution is -0.138. The Hall–Kier alpha value is -1.47. The monoisotopic (exact) mass is 391 g/mol. The van der Waals surface area contributed by atoms with Crippen molar-refractivity contribution < 1.29 is 18.8 Å². The van der Waals surface area contributed by atoms with Crippen LogP contribution in [0.4, 0.5) is 0 Å². The van der Waals surface area contributed by atoms with Crippen molar-refractivity contribution in [3.05, 3.63) is 11.7 Å². The summed E-state index contributed by atoms with van der Waals surface area (Å²) in [5.74, 6) is 2.37. The smallest absolute Gasteiger partial charge is 0.249 e. The van der Waals surface area contributed by atoms with Crippen molar-refractivity contribution >= 4 is 5.91 Å². The molecule has 1 aromatic heterocycles. The Morgan fingerprint density at radius 1 is 1.07 bits per heavy atom. The van der Waals surface area contributed by atoms with Crippen LogP contribution < -0.4 is 0 Å². The van der Waals surface area contributed by atoms with Gasteiger partial charge >= 0.3 is 0 Å². The minimum Gasteiger partial charge on any atom is -0.381 e. The highest BCUT2D eigenvalue weighted by Crippen LogP contribution is 2.35. The molecule has 0 radical (unpaired) electrons. The van der Waals surface area contributed by atoms with Crippen LogP contribution in [0.25, 0.3) is 0 Å². The Morgan fingerprint density at radius 3 is 2.71 bits per heavy atom. The van der Waals surface area contributed by atoms with E-state index in [0.717, 1.165) is 64.9 Å². The van der Waals surface area contributed by atoms with Gasteiger partial charge in [0.15, 0.2) is 5.82 Å². The maximum absolute atomic E-state index is 13.0. The summed E-state index contributed by atoms with van der Waals surface area (Å²) in [7, 11) is 0. The van der Waals surface area contributed by atoms with Gasteiger partial charge in [0.05, 0.1) is 6.61 Å². The lowest BCUT2D eigenvalue weighted by Crippen LogP contribution is -2.36. The standard InChI is InChI=1S/C21H33N3O4/c25-21(17-5-2-1-3-6-17)24-11-4-7-18(24)20-22-19(23-28-20)10-14-27-15-16-8-12-26-13-9-16/h16-18H,1-15H2. The van der Waals surface area contributed by atoms with E-state index in [-0.39, 0.29) is 12.0 Å². The second kappa shape index (κ2) is 9.83. The molecule has 2 aliphatic heterocycles. The van der Waals surface area contributed by atoms with E-state index in [1.807, 2.05) is 4.90 Å². The summed E-state index contributed by atoms with van der Waals surface area (Å²) in [6.45, 7) is 3.89. The van der Waals surface area contributed by atoms with E-state index in [1.165, 1.54) is 19.3 Å². The Morgan fingerprint density at radius 2 is 1.89 bits per heavy atom. The van der Waals surface area contributed by atoms with Crippen molar-refractivity contribution in [2.24, 2.45) is 11.8 Å². The zero-order valence-electron chi connectivity index (χ0n) is 16.8. The maximum Gasteiger partial charge on any atom is 0.249 e. The van der Waals surface area contributed by atoms with Gasteiger partial charge in [-0.15, -0.1) is 0 Å². The van der Waals surface area contributed by atoms with Gasteiger partial charge in [0.1, 0.15) is 6.04 Å². The second-order valence-electron chi connectivity index (χ2n) is 8.45. The van der Waals surface area contributed by atoms with E-state index in [9.17, 15) is 4.79 Å². The van der Waals surface area contributed by atoms with Crippen LogP contribution in [-0.2, 0) is 20.7 Å². The van der Waals surface area contributed by atoms with Crippen molar-refractivity contribution in [3.63, 3.8) is 0 Å². The Labute approximate surface area is 167 Å². The van der Waals surface area contributed by atoms with E-state index in [1.54, 1.807) is 0 Å². The summed E-state index contributed by atoms with van der Waals surface area (Å²) in [4.78, 5) is 19.5. The Bertz CT molecular complexity index is 623. The molecule has 1 amide bonds. The van der Waals surface area contributed by atoms with Crippen molar-refractivity contribution in [1.82, 2.24) is 15.0 Å². The van der Waals surface area contributed by atoms with Gasteiger partial charge in [0, 0.05) is 38.7 Å². The molecule has 156 valence electrons. The third-order valence-corrected chi connectivity index (χ3v) is 6.42. The molecular weight excluding hydrogens is 358 g/mol. The fourth-order valence-electron chi connectivity index (χ4n) is 4.70. The van der Waals surface area contributed by atoms with E-state index in [4.69, 9.17) is 14.0 Å². The number of ether oxygens (including phenoxy) is 2. The predicted octanol–water partition coefficient (Wildman–Crippen LogP) is 3.30. The van der Waals surface area contributed by atoms with Crippen molar-refractivity contribution in [2.45, 2.75) is 70.3 Å². The fraction of sp³-hybridized carbons (Fsp3) is 0.857. The van der Waals surface area contributed by atoms with Crippen LogP contribution in [0.5, 0.6) is 0 Å². The molecule has 0 bridgehead atoms. The molecule has 0 N–H and O–H groups in total. The number of carbonyl (C=O) groups excluding carboxylic acids is 1. The van der Waals surface area contributed by atoms with Crippen LogP contribution in [0.2, 0.25) is 0 Å². The van der Waals surface area contributed by atoms with Crippen molar-refractivity contribution in [3.8, 4) is 0 Å². The SMILES string of the molecule is O=C(C1CCCCC1)N1CCCC1c1nc(CCOCC2CCOCC2)no1. The summed E-state index contributed by atoms with van der Waals surface area (Å²) in [5.41, 5.74) is 0. The number of rotatable bonds is 7. The molecule has 3 aliphatic rings. The van der Waals surface area contributed by atoms with Crippen LogP contribution in [0.15, 0.2) is 4.52 Å². The fourth-order valence-corrected chi connectivity index (χ4v) is 4.70. The minimum atomic E-state index is -0.0427. The average molecular weight is 392 g/mol. The van der Waals surface area contributed by atoms with Gasteiger partial charge in [0.25, 0.3) is 0 Å². The molecule has 0 aromatic carbocycles. The van der Waals surface area contributed by atoms with Crippen LogP contribution in [0, 0.1) is 11.8 Å². The Balaban J connectivity index is 1.26. The number of hydrogen-bond acceptors (Lipinski definition) is 6. The van der Waals surface area contributed by atoms with Crippen molar-refractivity contribution in [1.29, 1.82) is 0 Å². The molecule has 1 saturated carbocycles. The summed E-state index contributed by atoms with van der Waals surface area (Å²) < 4.78 is 16.7. The summed E-state index contributed by atoms with van der Waals surface area (Å²) >= 11 is 0. The molecule has 4 rings (SSSR count). The molecule has 0 spiro atoms. The van der Waals surface area contributed by atoms with Gasteiger partial charge in [-0.3, -0.25) is 4.79 Å². The predicted molar refractivity (Wildman–Crippen MR) is 103 cm³/mol. The lowest BCUT2D eigenvalue weighted by atomic mass is 9.88. The van der Waals surface area contributed by atoms with Gasteiger partial charge in [0.2, 0.25) is 11.8 Å². The molecule has 28 heavy (non-hydrogen) atoms. The summed E-state index contributed by atoms with van der Waals surface area (Å²) in [6.07, 6.45) is 10.4. The van der Waals surface area contributed by atoms with Crippen LogP contribution in [0.3, 0.4) is 0 Å². The number of carbonyl (C=O) groups is 1. The van der Waals surface area contributed by atoms with Gasteiger partial charge in [-0.2, -0.15) is 4.98 Å². The molecule has 7 heteroatoms. The van der Waals surface area contributed by atoms with Crippen LogP contribution in [-0.4, -0.2) is 53.9 Å². The normalized spacial score (nSPS) is 24.7. The average Bonchev–Trinajstić information content (AvgIpc) is 3.41. The molecule has 3 fully saturated rings. The first kappa shape index (κ1) is 19.8. The second-order valence-corrected chi connectivity index (χ2v) is 8.45. The van der Waals surface area contributed by atoms with E-state index in [2.05, 4.69) is 10.1 Å². The highest BCUT2D eigenvalue weighted by Gasteiger charge is 2.37. The van der Waals surface area contributed by atoms with Crippen molar-refractivity contribution in [2.75, 3.05) is 33.0 Å². The minimum absolute atomic E-state index is 0.0427. The zero-order valence-corrected chi connectivity index (χ0v) is 16.8. The topological polar surface area (TPSA) is 77.7 Å². The van der Waals surface area contributed by atoms with Gasteiger partial charge in [-0.1, -0.05) is 24.4 Å². The van der Waals surface area contributed by atoms with Crippen LogP contribution in [0.1, 0.15) is 75.5 Å². The van der Waals surface area contributed by atoms with Gasteiger partial charge in [-0.25, -0.2) is 0 Å². The third kappa shape index (κ3) is 4.92. The van der Waals surface area contributed by atoms with E-state index < -0.39 is 0 Å². The number of amides is 1. The molecule has 1 unspecified atom stereocenters. The summed E-state index contributed by atoms with van der Waals surface area (Å²) in [5, 5.41) is 4.13. The third-order valence-electron chi connectivity index (χ3n) is 6.42. The number of nitrogens with zero attached hydrogens (tertiary/aromatic N) is 3. The molecule has 1 aliphatic carbocycles. The molecule has 7 nitrogen and oxygen atoms in total. The maximum atomic E-state index is 13.0. The number of hydrogen-bond donors (Lipinski definition) is 0. The zero-order chi connectivity index (χ0) is 19.2. The molecule has 2 saturated heterocycles. The van der Waals surface area contributed by atoms with Crippen LogP contribution >= 0.6 is 0 Å². The quantitative estimate of drug-likeness (QED) is 0.664. The molecule has 1 aromatic rings. The lowest BCUT2D eigenvalue weighted by Gasteiger charge is -2.29. The van der Waals surface area contributed by atoms with E-state index >= 15 is 0 Å². The van der Waals surface area contributed by atoms with E-state index in [0.29, 0.717) is 36.6 Å². The summed E-state index contributed by atoms with van der Waals surface area (Å²) in [6, 6.07) is -0.0427. The van der Waals surface area contributed by atoms with Gasteiger partial charge in [-0.05, 0) is 44.4 Å². The molecule has 1 atom stereocenters. The first-order valence-electron chi connectivity index (χ1n) is 11.1. The molecule has 3 heterocycles. The van der Waals surface area contributed by atoms with Gasteiger partial charge < -0.3 is 18.9 Å². The largest absolute Gasteiger partial charge is 0.381 e. The molecular formula is C21H33N3O4. The highest BCUT2D eigenvalue weighted by atomic mass is 16.5.